The van der Waals surface area contributed by atoms with Gasteiger partial charge >= 0.3 is 0 Å². The predicted octanol–water partition coefficient (Wildman–Crippen LogP) is 4.10. The summed E-state index contributed by atoms with van der Waals surface area (Å²) in [7, 11) is -0.231. The second kappa shape index (κ2) is 10.4. The lowest BCUT2D eigenvalue weighted by molar-refractivity contribution is 0.250. The van der Waals surface area contributed by atoms with Crippen LogP contribution in [-0.2, 0) is 23.0 Å². The third-order valence-corrected chi connectivity index (χ3v) is 7.49. The largest absolute Gasteiger partial charge is 0.493 e. The van der Waals surface area contributed by atoms with Crippen LogP contribution in [0.4, 0.5) is 0 Å². The van der Waals surface area contributed by atoms with Crippen molar-refractivity contribution in [2.75, 3.05) is 33.9 Å². The van der Waals surface area contributed by atoms with Gasteiger partial charge in [0.2, 0.25) is 10.0 Å². The summed E-state index contributed by atoms with van der Waals surface area (Å²) in [5, 5.41) is 0. The van der Waals surface area contributed by atoms with Crippen molar-refractivity contribution in [3.63, 3.8) is 0 Å². The summed E-state index contributed by atoms with van der Waals surface area (Å²) in [4.78, 5) is 2.63. The maximum Gasteiger partial charge on any atom is 0.240 e. The molecule has 0 saturated heterocycles. The molecule has 0 aliphatic carbocycles. The summed E-state index contributed by atoms with van der Waals surface area (Å²) < 4.78 is 38.9. The lowest BCUT2D eigenvalue weighted by Gasteiger charge is -2.29. The van der Waals surface area contributed by atoms with E-state index in [0.717, 1.165) is 55.1 Å². The van der Waals surface area contributed by atoms with E-state index in [9.17, 15) is 8.42 Å². The Morgan fingerprint density at radius 1 is 0.879 bits per heavy atom. The molecule has 0 atom stereocenters. The number of nitrogens with one attached hydrogen (secondary N) is 1. The fraction of sp³-hybridized carbons (Fsp3) is 0.308. The van der Waals surface area contributed by atoms with Crippen LogP contribution >= 0.6 is 0 Å². The number of fused-ring (bicyclic) bond motifs is 1. The van der Waals surface area contributed by atoms with Gasteiger partial charge in [-0.25, -0.2) is 13.1 Å². The van der Waals surface area contributed by atoms with E-state index >= 15 is 0 Å². The Labute approximate surface area is 196 Å². The molecule has 3 aromatic rings. The second-order valence-electron chi connectivity index (χ2n) is 8.14. The monoisotopic (exact) mass is 466 g/mol. The van der Waals surface area contributed by atoms with Crippen LogP contribution in [0.25, 0.3) is 11.1 Å². The van der Waals surface area contributed by atoms with E-state index in [2.05, 4.69) is 15.7 Å². The molecule has 4 rings (SSSR count). The number of benzene rings is 3. The Hall–Kier alpha value is -2.87. The molecule has 0 spiro atoms. The molecule has 174 valence electrons. The number of ether oxygens (including phenoxy) is 2. The van der Waals surface area contributed by atoms with Gasteiger partial charge in [-0.15, -0.1) is 0 Å². The van der Waals surface area contributed by atoms with Gasteiger partial charge in [-0.1, -0.05) is 42.5 Å². The van der Waals surface area contributed by atoms with Crippen molar-refractivity contribution in [2.45, 2.75) is 24.3 Å². The van der Waals surface area contributed by atoms with Gasteiger partial charge in [-0.05, 0) is 65.9 Å². The number of nitrogens with zero attached hydrogens (tertiary/aromatic N) is 1. The molecular formula is C26H30N2O4S. The van der Waals surface area contributed by atoms with Gasteiger partial charge in [-0.2, -0.15) is 0 Å². The minimum absolute atomic E-state index is 0.287. The summed E-state index contributed by atoms with van der Waals surface area (Å²) in [5.41, 5.74) is 4.57. The Morgan fingerprint density at radius 2 is 1.52 bits per heavy atom. The fourth-order valence-corrected chi connectivity index (χ4v) is 5.26. The lowest BCUT2D eigenvalue weighted by atomic mass is 9.98. The van der Waals surface area contributed by atoms with Crippen LogP contribution in [0.1, 0.15) is 17.5 Å². The van der Waals surface area contributed by atoms with Crippen molar-refractivity contribution in [1.29, 1.82) is 0 Å². The van der Waals surface area contributed by atoms with Gasteiger partial charge in [0, 0.05) is 19.6 Å². The molecule has 0 bridgehead atoms. The van der Waals surface area contributed by atoms with Gasteiger partial charge in [0.1, 0.15) is 0 Å². The van der Waals surface area contributed by atoms with E-state index in [1.807, 2.05) is 48.5 Å². The van der Waals surface area contributed by atoms with Crippen LogP contribution in [0.5, 0.6) is 11.5 Å². The molecule has 0 aromatic heterocycles. The smallest absolute Gasteiger partial charge is 0.240 e. The zero-order chi connectivity index (χ0) is 23.3. The summed E-state index contributed by atoms with van der Waals surface area (Å²) in [6, 6.07) is 21.0. The van der Waals surface area contributed by atoms with Crippen molar-refractivity contribution >= 4 is 10.0 Å². The van der Waals surface area contributed by atoms with E-state index in [0.29, 0.717) is 6.54 Å². The van der Waals surface area contributed by atoms with Crippen LogP contribution < -0.4 is 14.2 Å². The standard InChI is InChI=1S/C26H30N2O4S/c1-31-25-17-22-13-16-28(19-23(22)18-26(25)32-2)15-6-14-27-33(29,30)24-11-9-21(10-12-24)20-7-4-3-5-8-20/h3-5,7-12,17-18,27H,6,13-16,19H2,1-2H3. The first-order valence-electron chi connectivity index (χ1n) is 11.1. The summed E-state index contributed by atoms with van der Waals surface area (Å²) in [6.07, 6.45) is 1.68. The zero-order valence-corrected chi connectivity index (χ0v) is 19.9. The number of hydrogen-bond donors (Lipinski definition) is 1. The summed E-state index contributed by atoms with van der Waals surface area (Å²) >= 11 is 0. The molecule has 0 radical (unpaired) electrons. The molecule has 0 saturated carbocycles. The highest BCUT2D eigenvalue weighted by molar-refractivity contribution is 7.89. The van der Waals surface area contributed by atoms with Crippen molar-refractivity contribution in [3.05, 3.63) is 77.9 Å². The number of hydrogen-bond acceptors (Lipinski definition) is 5. The van der Waals surface area contributed by atoms with E-state index in [4.69, 9.17) is 9.47 Å². The molecule has 1 aliphatic rings. The van der Waals surface area contributed by atoms with Gasteiger partial charge in [0.25, 0.3) is 0 Å². The van der Waals surface area contributed by atoms with E-state index in [-0.39, 0.29) is 4.90 Å². The van der Waals surface area contributed by atoms with Crippen LogP contribution in [0.3, 0.4) is 0 Å². The Kier molecular flexibility index (Phi) is 7.33. The van der Waals surface area contributed by atoms with Crippen LogP contribution in [0.2, 0.25) is 0 Å². The molecule has 1 aliphatic heterocycles. The normalized spacial score (nSPS) is 14.0. The molecule has 3 aromatic carbocycles. The third-order valence-electron chi connectivity index (χ3n) is 6.01. The van der Waals surface area contributed by atoms with Crippen molar-refractivity contribution < 1.29 is 17.9 Å². The van der Waals surface area contributed by atoms with Crippen LogP contribution in [0, 0.1) is 0 Å². The van der Waals surface area contributed by atoms with Gasteiger partial charge in [-0.3, -0.25) is 4.90 Å². The molecule has 1 N–H and O–H groups in total. The maximum absolute atomic E-state index is 12.7. The molecule has 1 heterocycles. The highest BCUT2D eigenvalue weighted by Crippen LogP contribution is 2.33. The highest BCUT2D eigenvalue weighted by atomic mass is 32.2. The number of rotatable bonds is 9. The zero-order valence-electron chi connectivity index (χ0n) is 19.1. The average Bonchev–Trinajstić information content (AvgIpc) is 2.86. The van der Waals surface area contributed by atoms with Crippen LogP contribution in [0.15, 0.2) is 71.6 Å². The molecule has 7 heteroatoms. The molecule has 0 amide bonds. The second-order valence-corrected chi connectivity index (χ2v) is 9.91. The first-order chi connectivity index (χ1) is 16.0. The Balaban J connectivity index is 1.29. The third kappa shape index (κ3) is 5.55. The van der Waals surface area contributed by atoms with Crippen LogP contribution in [-0.4, -0.2) is 47.2 Å². The van der Waals surface area contributed by atoms with E-state index in [1.54, 1.807) is 26.4 Å². The Bertz CT molecular complexity index is 1180. The molecule has 0 unspecified atom stereocenters. The molecular weight excluding hydrogens is 436 g/mol. The van der Waals surface area contributed by atoms with Gasteiger partial charge < -0.3 is 9.47 Å². The summed E-state index contributed by atoms with van der Waals surface area (Å²) in [5.74, 6) is 1.50. The molecule has 6 nitrogen and oxygen atoms in total. The minimum atomic E-state index is -3.53. The Morgan fingerprint density at radius 3 is 2.18 bits per heavy atom. The van der Waals surface area contributed by atoms with E-state index in [1.165, 1.54) is 11.1 Å². The first kappa shape index (κ1) is 23.3. The predicted molar refractivity (Wildman–Crippen MR) is 130 cm³/mol. The fourth-order valence-electron chi connectivity index (χ4n) is 4.18. The molecule has 0 fully saturated rings. The quantitative estimate of drug-likeness (QED) is 0.481. The number of sulfonamides is 1. The first-order valence-corrected chi connectivity index (χ1v) is 12.6. The highest BCUT2D eigenvalue weighted by Gasteiger charge is 2.20. The minimum Gasteiger partial charge on any atom is -0.493 e. The van der Waals surface area contributed by atoms with Crippen molar-refractivity contribution in [2.24, 2.45) is 0 Å². The maximum atomic E-state index is 12.7. The molecule has 33 heavy (non-hydrogen) atoms. The lowest BCUT2D eigenvalue weighted by Crippen LogP contribution is -2.33. The number of methoxy groups -OCH3 is 2. The summed E-state index contributed by atoms with van der Waals surface area (Å²) in [6.45, 7) is 2.99. The van der Waals surface area contributed by atoms with Crippen molar-refractivity contribution in [3.8, 4) is 22.6 Å². The average molecular weight is 467 g/mol. The van der Waals surface area contributed by atoms with Gasteiger partial charge in [0.15, 0.2) is 11.5 Å². The topological polar surface area (TPSA) is 67.9 Å². The SMILES string of the molecule is COc1cc2c(cc1OC)CN(CCCNS(=O)(=O)c1ccc(-c3ccccc3)cc1)CC2. The van der Waals surface area contributed by atoms with Crippen molar-refractivity contribution in [1.82, 2.24) is 9.62 Å². The van der Waals surface area contributed by atoms with E-state index < -0.39 is 10.0 Å². The van der Waals surface area contributed by atoms with Gasteiger partial charge in [0.05, 0.1) is 19.1 Å².